The second-order valence-corrected chi connectivity index (χ2v) is 10.0. The van der Waals surface area contributed by atoms with Crippen LogP contribution in [0.1, 0.15) is 31.2 Å². The molecule has 0 spiro atoms. The zero-order valence-electron chi connectivity index (χ0n) is 20.3. The number of hydrogen-bond donors (Lipinski definition) is 4. The molecular weight excluding hydrogens is 474 g/mol. The van der Waals surface area contributed by atoms with Gasteiger partial charge in [0.05, 0.1) is 22.9 Å². The average Bonchev–Trinajstić information content (AvgIpc) is 3.30. The molecule has 1 aliphatic carbocycles. The van der Waals surface area contributed by atoms with E-state index in [1.807, 2.05) is 24.5 Å². The van der Waals surface area contributed by atoms with Crippen LogP contribution in [-0.4, -0.2) is 57.4 Å². The molecule has 36 heavy (non-hydrogen) atoms. The summed E-state index contributed by atoms with van der Waals surface area (Å²) in [6.07, 6.45) is 8.81. The Morgan fingerprint density at radius 3 is 2.81 bits per heavy atom. The molecule has 1 fully saturated rings. The minimum Gasteiger partial charge on any atom is -0.393 e. The molecule has 0 bridgehead atoms. The topological polar surface area (TPSA) is 117 Å². The smallest absolute Gasteiger partial charge is 0.224 e. The van der Waals surface area contributed by atoms with Crippen molar-refractivity contribution >= 4 is 38.5 Å². The van der Waals surface area contributed by atoms with Gasteiger partial charge < -0.3 is 25.8 Å². The number of aliphatic hydroxyl groups is 1. The first-order valence-electron chi connectivity index (χ1n) is 12.3. The molecule has 188 valence electrons. The highest BCUT2D eigenvalue weighted by molar-refractivity contribution is 7.22. The van der Waals surface area contributed by atoms with Gasteiger partial charge in [0.1, 0.15) is 5.82 Å². The highest BCUT2D eigenvalue weighted by Gasteiger charge is 2.20. The van der Waals surface area contributed by atoms with Gasteiger partial charge in [-0.15, -0.1) is 0 Å². The van der Waals surface area contributed by atoms with Gasteiger partial charge in [-0.3, -0.25) is 4.98 Å². The normalized spacial score (nSPS) is 17.8. The van der Waals surface area contributed by atoms with E-state index in [4.69, 9.17) is 9.72 Å². The number of thiazole rings is 1. The van der Waals surface area contributed by atoms with Crippen LogP contribution in [0.3, 0.4) is 0 Å². The molecule has 0 atom stereocenters. The van der Waals surface area contributed by atoms with Gasteiger partial charge in [0.15, 0.2) is 5.13 Å². The van der Waals surface area contributed by atoms with Crippen molar-refractivity contribution in [3.8, 4) is 11.1 Å². The largest absolute Gasteiger partial charge is 0.393 e. The SMILES string of the molecule is COCCNCc1cncc(-c2ccc3nc(Nc4ccnc(NC5CCC(O)CC5)n4)sc3c2)c1. The van der Waals surface area contributed by atoms with Crippen LogP contribution in [0.4, 0.5) is 16.9 Å². The number of aromatic nitrogens is 4. The number of anilines is 3. The molecule has 0 aliphatic heterocycles. The Morgan fingerprint density at radius 1 is 1.06 bits per heavy atom. The Bertz CT molecular complexity index is 1290. The molecule has 1 aliphatic rings. The zero-order valence-corrected chi connectivity index (χ0v) is 21.1. The Kier molecular flexibility index (Phi) is 7.97. The Morgan fingerprint density at radius 2 is 1.94 bits per heavy atom. The monoisotopic (exact) mass is 505 g/mol. The van der Waals surface area contributed by atoms with Crippen molar-refractivity contribution < 1.29 is 9.84 Å². The number of fused-ring (bicyclic) bond motifs is 1. The maximum absolute atomic E-state index is 9.72. The molecule has 9 nitrogen and oxygen atoms in total. The molecule has 0 amide bonds. The predicted octanol–water partition coefficient (Wildman–Crippen LogP) is 4.34. The lowest BCUT2D eigenvalue weighted by Gasteiger charge is -2.26. The maximum atomic E-state index is 9.72. The number of rotatable bonds is 10. The fourth-order valence-electron chi connectivity index (χ4n) is 4.32. The van der Waals surface area contributed by atoms with E-state index in [-0.39, 0.29) is 6.10 Å². The molecule has 4 aromatic rings. The highest BCUT2D eigenvalue weighted by Crippen LogP contribution is 2.32. The minimum atomic E-state index is -0.181. The molecule has 0 saturated heterocycles. The third-order valence-corrected chi connectivity index (χ3v) is 7.18. The third kappa shape index (κ3) is 6.33. The Hall–Kier alpha value is -3.18. The molecule has 3 aromatic heterocycles. The van der Waals surface area contributed by atoms with Gasteiger partial charge in [0.25, 0.3) is 0 Å². The van der Waals surface area contributed by atoms with Crippen molar-refractivity contribution in [2.45, 2.75) is 44.4 Å². The summed E-state index contributed by atoms with van der Waals surface area (Å²) < 4.78 is 6.18. The standard InChI is InChI=1S/C26H31N7O2S/c1-35-11-10-27-14-17-12-19(16-28-15-17)18-2-7-22-23(13-18)36-26(31-22)33-24-8-9-29-25(32-24)30-20-3-5-21(34)6-4-20/h2,7-9,12-13,15-16,20-21,27,34H,3-6,10-11,14H2,1H3,(H2,29,30,31,32,33). The second-order valence-electron chi connectivity index (χ2n) is 8.99. The number of pyridine rings is 1. The molecule has 0 radical (unpaired) electrons. The summed E-state index contributed by atoms with van der Waals surface area (Å²) in [6, 6.07) is 10.6. The third-order valence-electron chi connectivity index (χ3n) is 6.25. The summed E-state index contributed by atoms with van der Waals surface area (Å²) in [5, 5.41) is 20.6. The fraction of sp³-hybridized carbons (Fsp3) is 0.385. The van der Waals surface area contributed by atoms with Crippen molar-refractivity contribution in [3.05, 3.63) is 54.5 Å². The molecule has 10 heteroatoms. The van der Waals surface area contributed by atoms with Crippen molar-refractivity contribution in [3.63, 3.8) is 0 Å². The first kappa shape index (κ1) is 24.5. The van der Waals surface area contributed by atoms with Gasteiger partial charge in [0, 0.05) is 50.4 Å². The lowest BCUT2D eigenvalue weighted by molar-refractivity contribution is 0.126. The zero-order chi connectivity index (χ0) is 24.7. The molecular formula is C26H31N7O2S. The summed E-state index contributed by atoms with van der Waals surface area (Å²) in [5.41, 5.74) is 4.25. The summed E-state index contributed by atoms with van der Waals surface area (Å²) in [7, 11) is 1.70. The first-order chi connectivity index (χ1) is 17.7. The lowest BCUT2D eigenvalue weighted by atomic mass is 9.93. The van der Waals surface area contributed by atoms with Crippen LogP contribution in [0.15, 0.2) is 48.9 Å². The van der Waals surface area contributed by atoms with Crippen LogP contribution in [-0.2, 0) is 11.3 Å². The van der Waals surface area contributed by atoms with Crippen LogP contribution in [0, 0.1) is 0 Å². The summed E-state index contributed by atoms with van der Waals surface area (Å²) >= 11 is 1.59. The summed E-state index contributed by atoms with van der Waals surface area (Å²) in [6.45, 7) is 2.24. The Balaban J connectivity index is 1.26. The average molecular weight is 506 g/mol. The highest BCUT2D eigenvalue weighted by atomic mass is 32.1. The predicted molar refractivity (Wildman–Crippen MR) is 144 cm³/mol. The van der Waals surface area contributed by atoms with Gasteiger partial charge >= 0.3 is 0 Å². The van der Waals surface area contributed by atoms with Crippen LogP contribution in [0.5, 0.6) is 0 Å². The minimum absolute atomic E-state index is 0.181. The first-order valence-corrected chi connectivity index (χ1v) is 13.1. The fourth-order valence-corrected chi connectivity index (χ4v) is 5.23. The van der Waals surface area contributed by atoms with Crippen molar-refractivity contribution in [2.75, 3.05) is 30.9 Å². The van der Waals surface area contributed by atoms with E-state index in [1.54, 1.807) is 24.6 Å². The van der Waals surface area contributed by atoms with Crippen molar-refractivity contribution in [1.82, 2.24) is 25.3 Å². The van der Waals surface area contributed by atoms with Crippen molar-refractivity contribution in [1.29, 1.82) is 0 Å². The molecule has 5 rings (SSSR count). The summed E-state index contributed by atoms with van der Waals surface area (Å²) in [5.74, 6) is 1.29. The van der Waals surface area contributed by atoms with Crippen LogP contribution >= 0.6 is 11.3 Å². The molecule has 1 aromatic carbocycles. The van der Waals surface area contributed by atoms with Gasteiger partial charge in [0.2, 0.25) is 5.95 Å². The van der Waals surface area contributed by atoms with Gasteiger partial charge in [-0.1, -0.05) is 17.4 Å². The maximum Gasteiger partial charge on any atom is 0.224 e. The van der Waals surface area contributed by atoms with E-state index in [0.29, 0.717) is 24.4 Å². The quantitative estimate of drug-likeness (QED) is 0.233. The van der Waals surface area contributed by atoms with Gasteiger partial charge in [-0.25, -0.2) is 9.97 Å². The number of hydrogen-bond acceptors (Lipinski definition) is 10. The number of aliphatic hydroxyl groups excluding tert-OH is 1. The van der Waals surface area contributed by atoms with E-state index >= 15 is 0 Å². The van der Waals surface area contributed by atoms with E-state index in [0.717, 1.165) is 70.8 Å². The Labute approximate surface area is 214 Å². The number of ether oxygens (including phenoxy) is 1. The van der Waals surface area contributed by atoms with Gasteiger partial charge in [-0.2, -0.15) is 4.98 Å². The molecule has 1 saturated carbocycles. The molecule has 4 N–H and O–H groups in total. The van der Waals surface area contributed by atoms with Gasteiger partial charge in [-0.05, 0) is 61.1 Å². The van der Waals surface area contributed by atoms with Crippen LogP contribution in [0.2, 0.25) is 0 Å². The van der Waals surface area contributed by atoms with E-state index in [9.17, 15) is 5.11 Å². The number of nitrogens with one attached hydrogen (secondary N) is 3. The molecule has 0 unspecified atom stereocenters. The van der Waals surface area contributed by atoms with E-state index in [1.165, 1.54) is 0 Å². The van der Waals surface area contributed by atoms with Crippen molar-refractivity contribution in [2.24, 2.45) is 0 Å². The number of benzene rings is 1. The van der Waals surface area contributed by atoms with Crippen LogP contribution in [0.25, 0.3) is 21.3 Å². The van der Waals surface area contributed by atoms with Crippen LogP contribution < -0.4 is 16.0 Å². The second kappa shape index (κ2) is 11.7. The van der Waals surface area contributed by atoms with E-state index < -0.39 is 0 Å². The number of nitrogens with zero attached hydrogens (tertiary/aromatic N) is 4. The number of methoxy groups -OCH3 is 1. The lowest BCUT2D eigenvalue weighted by Crippen LogP contribution is -2.28. The van der Waals surface area contributed by atoms with E-state index in [2.05, 4.69) is 49.1 Å². The summed E-state index contributed by atoms with van der Waals surface area (Å²) in [4.78, 5) is 18.1. The molecule has 3 heterocycles.